The van der Waals surface area contributed by atoms with Crippen LogP contribution in [0.25, 0.3) is 0 Å². The summed E-state index contributed by atoms with van der Waals surface area (Å²) in [5.41, 5.74) is 4.02. The molecule has 0 radical (unpaired) electrons. The summed E-state index contributed by atoms with van der Waals surface area (Å²) >= 11 is 1.68. The molecular formula is C18H21NOS. The van der Waals surface area contributed by atoms with Crippen molar-refractivity contribution in [2.45, 2.75) is 25.7 Å². The van der Waals surface area contributed by atoms with E-state index in [0.29, 0.717) is 6.54 Å². The molecule has 2 nitrogen and oxygen atoms in total. The third-order valence-corrected chi connectivity index (χ3v) is 4.30. The smallest absolute Gasteiger partial charge is 0.258 e. The van der Waals surface area contributed by atoms with E-state index in [1.165, 1.54) is 10.5 Å². The Morgan fingerprint density at radius 3 is 2.33 bits per heavy atom. The predicted octanol–water partition coefficient (Wildman–Crippen LogP) is 4.69. The summed E-state index contributed by atoms with van der Waals surface area (Å²) in [6, 6.07) is 14.0. The molecule has 0 saturated carbocycles. The maximum atomic E-state index is 12.8. The molecule has 2 rings (SSSR count). The average molecular weight is 299 g/mol. The molecule has 0 fully saturated rings. The van der Waals surface area contributed by atoms with Crippen molar-refractivity contribution < 1.29 is 4.79 Å². The van der Waals surface area contributed by atoms with Crippen LogP contribution in [0.5, 0.6) is 0 Å². The first kappa shape index (κ1) is 15.6. The van der Waals surface area contributed by atoms with Gasteiger partial charge in [-0.3, -0.25) is 4.79 Å². The number of carbonyl (C=O) groups excluding carboxylic acids is 1. The van der Waals surface area contributed by atoms with Crippen molar-refractivity contribution in [2.24, 2.45) is 0 Å². The van der Waals surface area contributed by atoms with Crippen molar-refractivity contribution >= 4 is 23.4 Å². The van der Waals surface area contributed by atoms with Crippen molar-refractivity contribution in [3.63, 3.8) is 0 Å². The molecule has 0 heterocycles. The van der Waals surface area contributed by atoms with E-state index in [0.717, 1.165) is 16.8 Å². The van der Waals surface area contributed by atoms with Crippen molar-refractivity contribution in [1.29, 1.82) is 0 Å². The average Bonchev–Trinajstić information content (AvgIpc) is 2.51. The lowest BCUT2D eigenvalue weighted by Gasteiger charge is -2.23. The highest BCUT2D eigenvalue weighted by molar-refractivity contribution is 7.98. The van der Waals surface area contributed by atoms with Crippen molar-refractivity contribution in [3.05, 3.63) is 59.2 Å². The Kier molecular flexibility index (Phi) is 5.07. The van der Waals surface area contributed by atoms with E-state index in [4.69, 9.17) is 0 Å². The van der Waals surface area contributed by atoms with Crippen LogP contribution in [0.15, 0.2) is 47.4 Å². The minimum absolute atomic E-state index is 0.0545. The van der Waals surface area contributed by atoms with E-state index in [-0.39, 0.29) is 5.91 Å². The van der Waals surface area contributed by atoms with Gasteiger partial charge in [-0.25, -0.2) is 0 Å². The Bertz CT molecular complexity index is 634. The van der Waals surface area contributed by atoms with E-state index in [1.807, 2.05) is 49.3 Å². The monoisotopic (exact) mass is 299 g/mol. The molecule has 3 heteroatoms. The summed E-state index contributed by atoms with van der Waals surface area (Å²) < 4.78 is 0. The van der Waals surface area contributed by atoms with Gasteiger partial charge in [-0.2, -0.15) is 0 Å². The molecule has 0 unspecified atom stereocenters. The molecule has 0 saturated heterocycles. The highest BCUT2D eigenvalue weighted by Crippen LogP contribution is 2.24. The van der Waals surface area contributed by atoms with Gasteiger partial charge in [0.05, 0.1) is 0 Å². The second-order valence-electron chi connectivity index (χ2n) is 5.07. The Balaban J connectivity index is 2.35. The van der Waals surface area contributed by atoms with Gasteiger partial charge in [0.1, 0.15) is 0 Å². The van der Waals surface area contributed by atoms with Crippen molar-refractivity contribution in [2.75, 3.05) is 17.7 Å². The number of aryl methyl sites for hydroxylation is 2. The number of rotatable bonds is 4. The minimum atomic E-state index is 0.0545. The number of amides is 1. The fourth-order valence-corrected chi connectivity index (χ4v) is 2.73. The zero-order valence-electron chi connectivity index (χ0n) is 13.0. The van der Waals surface area contributed by atoms with E-state index in [2.05, 4.69) is 25.1 Å². The minimum Gasteiger partial charge on any atom is -0.308 e. The van der Waals surface area contributed by atoms with Gasteiger partial charge in [-0.15, -0.1) is 11.8 Å². The molecule has 0 aromatic heterocycles. The number of hydrogen-bond acceptors (Lipinski definition) is 2. The Morgan fingerprint density at radius 2 is 1.76 bits per heavy atom. The molecule has 0 aliphatic heterocycles. The maximum Gasteiger partial charge on any atom is 0.258 e. The van der Waals surface area contributed by atoms with Crippen LogP contribution in [0.2, 0.25) is 0 Å². The normalized spacial score (nSPS) is 10.5. The van der Waals surface area contributed by atoms with Gasteiger partial charge in [0.25, 0.3) is 5.91 Å². The number of carbonyl (C=O) groups is 1. The Hall–Kier alpha value is -1.74. The Morgan fingerprint density at radius 1 is 1.10 bits per heavy atom. The molecule has 2 aromatic carbocycles. The summed E-state index contributed by atoms with van der Waals surface area (Å²) in [7, 11) is 0. The standard InChI is InChI=1S/C18H21NOS/c1-5-19(17-12-13(2)6-7-14(17)3)18(20)15-8-10-16(21-4)11-9-15/h6-12H,5H2,1-4H3. The van der Waals surface area contributed by atoms with Gasteiger partial charge < -0.3 is 4.90 Å². The van der Waals surface area contributed by atoms with Gasteiger partial charge in [-0.05, 0) is 68.5 Å². The maximum absolute atomic E-state index is 12.8. The molecule has 0 atom stereocenters. The van der Waals surface area contributed by atoms with Gasteiger partial charge in [-0.1, -0.05) is 12.1 Å². The number of thioether (sulfide) groups is 1. The molecule has 21 heavy (non-hydrogen) atoms. The second-order valence-corrected chi connectivity index (χ2v) is 5.95. The first-order chi connectivity index (χ1) is 10.1. The van der Waals surface area contributed by atoms with Crippen LogP contribution < -0.4 is 4.90 Å². The van der Waals surface area contributed by atoms with Gasteiger partial charge in [0.2, 0.25) is 0 Å². The molecule has 0 N–H and O–H groups in total. The number of hydrogen-bond donors (Lipinski definition) is 0. The number of nitrogens with zero attached hydrogens (tertiary/aromatic N) is 1. The fourth-order valence-electron chi connectivity index (χ4n) is 2.32. The van der Waals surface area contributed by atoms with Crippen LogP contribution in [0, 0.1) is 13.8 Å². The van der Waals surface area contributed by atoms with Crippen LogP contribution in [-0.2, 0) is 0 Å². The highest BCUT2D eigenvalue weighted by atomic mass is 32.2. The van der Waals surface area contributed by atoms with Crippen LogP contribution in [0.3, 0.4) is 0 Å². The van der Waals surface area contributed by atoms with Crippen LogP contribution in [0.4, 0.5) is 5.69 Å². The Labute approximate surface area is 131 Å². The number of anilines is 1. The topological polar surface area (TPSA) is 20.3 Å². The van der Waals surface area contributed by atoms with Gasteiger partial charge in [0, 0.05) is 22.7 Å². The molecule has 0 aliphatic rings. The zero-order chi connectivity index (χ0) is 15.4. The predicted molar refractivity (Wildman–Crippen MR) is 91.5 cm³/mol. The number of benzene rings is 2. The quantitative estimate of drug-likeness (QED) is 0.763. The van der Waals surface area contributed by atoms with Crippen LogP contribution >= 0.6 is 11.8 Å². The molecule has 0 spiro atoms. The van der Waals surface area contributed by atoms with Gasteiger partial charge >= 0.3 is 0 Å². The summed E-state index contributed by atoms with van der Waals surface area (Å²) in [6.45, 7) is 6.76. The fraction of sp³-hybridized carbons (Fsp3) is 0.278. The lowest BCUT2D eigenvalue weighted by Crippen LogP contribution is -2.31. The molecule has 0 aliphatic carbocycles. The first-order valence-corrected chi connectivity index (χ1v) is 8.32. The lowest BCUT2D eigenvalue weighted by atomic mass is 10.1. The third-order valence-electron chi connectivity index (χ3n) is 3.55. The molecule has 110 valence electrons. The summed E-state index contributed by atoms with van der Waals surface area (Å²) in [5, 5.41) is 0. The largest absolute Gasteiger partial charge is 0.308 e. The SMILES string of the molecule is CCN(C(=O)c1ccc(SC)cc1)c1cc(C)ccc1C. The van der Waals surface area contributed by atoms with E-state index in [1.54, 1.807) is 11.8 Å². The first-order valence-electron chi connectivity index (χ1n) is 7.10. The lowest BCUT2D eigenvalue weighted by molar-refractivity contribution is 0.0988. The van der Waals surface area contributed by atoms with Gasteiger partial charge in [0.15, 0.2) is 0 Å². The summed E-state index contributed by atoms with van der Waals surface area (Å²) in [6.07, 6.45) is 2.03. The zero-order valence-corrected chi connectivity index (χ0v) is 13.8. The van der Waals surface area contributed by atoms with Crippen LogP contribution in [-0.4, -0.2) is 18.7 Å². The van der Waals surface area contributed by atoms with E-state index in [9.17, 15) is 4.79 Å². The molecule has 0 bridgehead atoms. The summed E-state index contributed by atoms with van der Waals surface area (Å²) in [4.78, 5) is 15.8. The highest BCUT2D eigenvalue weighted by Gasteiger charge is 2.17. The van der Waals surface area contributed by atoms with Crippen LogP contribution in [0.1, 0.15) is 28.4 Å². The van der Waals surface area contributed by atoms with E-state index < -0.39 is 0 Å². The molecule has 1 amide bonds. The molecular weight excluding hydrogens is 278 g/mol. The third kappa shape index (κ3) is 3.48. The molecule has 2 aromatic rings. The van der Waals surface area contributed by atoms with Crippen molar-refractivity contribution in [3.8, 4) is 0 Å². The van der Waals surface area contributed by atoms with Crippen molar-refractivity contribution in [1.82, 2.24) is 0 Å². The van der Waals surface area contributed by atoms with E-state index >= 15 is 0 Å². The second kappa shape index (κ2) is 6.81. The summed E-state index contributed by atoms with van der Waals surface area (Å²) in [5.74, 6) is 0.0545.